The molecule has 1 fully saturated rings. The van der Waals surface area contributed by atoms with E-state index in [1.807, 2.05) is 0 Å². The lowest BCUT2D eigenvalue weighted by Gasteiger charge is -2.21. The number of carboxylic acids is 1. The van der Waals surface area contributed by atoms with Gasteiger partial charge >= 0.3 is 5.97 Å². The first-order valence-electron chi connectivity index (χ1n) is 7.52. The van der Waals surface area contributed by atoms with Gasteiger partial charge in [-0.25, -0.2) is 0 Å². The summed E-state index contributed by atoms with van der Waals surface area (Å²) in [5, 5.41) is 9.28. The summed E-state index contributed by atoms with van der Waals surface area (Å²) in [5.74, 6) is -0.664. The fourth-order valence-corrected chi connectivity index (χ4v) is 2.68. The maximum atomic E-state index is 11.3. The van der Waals surface area contributed by atoms with Crippen molar-refractivity contribution in [2.24, 2.45) is 5.41 Å². The number of ether oxygens (including phenoxy) is 1. The standard InChI is InChI=1S/C15H28O3/c1-2-3-4-5-6-7-8-9-10-15(14(16)17)11-12-18-13-15/h2-13H2,1H3,(H,16,17). The fourth-order valence-electron chi connectivity index (χ4n) is 2.68. The molecule has 0 aromatic rings. The number of carboxylic acid groups (broad SMARTS) is 1. The van der Waals surface area contributed by atoms with Crippen molar-refractivity contribution in [2.75, 3.05) is 13.2 Å². The van der Waals surface area contributed by atoms with Gasteiger partial charge in [-0.1, -0.05) is 58.3 Å². The van der Waals surface area contributed by atoms with Crippen molar-refractivity contribution in [3.8, 4) is 0 Å². The number of hydrogen-bond acceptors (Lipinski definition) is 2. The Morgan fingerprint density at radius 1 is 1.11 bits per heavy atom. The molecule has 1 N–H and O–H groups in total. The second-order valence-corrected chi connectivity index (χ2v) is 5.61. The molecule has 1 atom stereocenters. The van der Waals surface area contributed by atoms with Crippen LogP contribution in [0.4, 0.5) is 0 Å². The molecule has 1 unspecified atom stereocenters. The second kappa shape index (κ2) is 8.52. The average Bonchev–Trinajstić information content (AvgIpc) is 2.83. The molecule has 0 spiro atoms. The molecule has 1 saturated heterocycles. The first-order chi connectivity index (χ1) is 8.71. The monoisotopic (exact) mass is 256 g/mol. The molecule has 0 saturated carbocycles. The lowest BCUT2D eigenvalue weighted by Crippen LogP contribution is -2.31. The Labute approximate surface area is 111 Å². The quantitative estimate of drug-likeness (QED) is 0.601. The summed E-state index contributed by atoms with van der Waals surface area (Å²) in [4.78, 5) is 11.3. The van der Waals surface area contributed by atoms with Crippen LogP contribution in [-0.2, 0) is 9.53 Å². The normalized spacial score (nSPS) is 23.4. The van der Waals surface area contributed by atoms with Gasteiger partial charge in [0.25, 0.3) is 0 Å². The van der Waals surface area contributed by atoms with E-state index < -0.39 is 11.4 Å². The van der Waals surface area contributed by atoms with Crippen LogP contribution in [0.1, 0.15) is 71.1 Å². The largest absolute Gasteiger partial charge is 0.481 e. The number of hydrogen-bond donors (Lipinski definition) is 1. The smallest absolute Gasteiger partial charge is 0.312 e. The summed E-state index contributed by atoms with van der Waals surface area (Å²) >= 11 is 0. The van der Waals surface area contributed by atoms with Crippen molar-refractivity contribution < 1.29 is 14.6 Å². The van der Waals surface area contributed by atoms with E-state index in [0.29, 0.717) is 19.6 Å². The van der Waals surface area contributed by atoms with Crippen LogP contribution in [0.15, 0.2) is 0 Å². The van der Waals surface area contributed by atoms with Gasteiger partial charge in [0.05, 0.1) is 12.0 Å². The molecule has 106 valence electrons. The van der Waals surface area contributed by atoms with Crippen molar-refractivity contribution in [3.05, 3.63) is 0 Å². The van der Waals surface area contributed by atoms with Crippen molar-refractivity contribution in [2.45, 2.75) is 71.1 Å². The van der Waals surface area contributed by atoms with Crippen molar-refractivity contribution in [1.29, 1.82) is 0 Å². The third-order valence-electron chi connectivity index (χ3n) is 4.07. The fraction of sp³-hybridized carbons (Fsp3) is 0.933. The molecule has 0 aliphatic carbocycles. The highest BCUT2D eigenvalue weighted by Crippen LogP contribution is 2.34. The van der Waals surface area contributed by atoms with Gasteiger partial charge in [0.1, 0.15) is 0 Å². The molecule has 0 amide bonds. The SMILES string of the molecule is CCCCCCCCCCC1(C(=O)O)CCOC1. The minimum atomic E-state index is -0.664. The molecule has 3 heteroatoms. The average molecular weight is 256 g/mol. The Hall–Kier alpha value is -0.570. The number of unbranched alkanes of at least 4 members (excludes halogenated alkanes) is 7. The zero-order valence-electron chi connectivity index (χ0n) is 11.7. The summed E-state index contributed by atoms with van der Waals surface area (Å²) in [5.41, 5.74) is -0.567. The zero-order chi connectivity index (χ0) is 13.3. The Kier molecular flexibility index (Phi) is 7.33. The molecule has 18 heavy (non-hydrogen) atoms. The van der Waals surface area contributed by atoms with Gasteiger partial charge in [-0.15, -0.1) is 0 Å². The van der Waals surface area contributed by atoms with Gasteiger partial charge < -0.3 is 9.84 Å². The molecule has 3 nitrogen and oxygen atoms in total. The number of carbonyl (C=O) groups is 1. The molecule has 0 radical (unpaired) electrons. The molecule has 0 bridgehead atoms. The highest BCUT2D eigenvalue weighted by atomic mass is 16.5. The Bertz CT molecular complexity index is 232. The summed E-state index contributed by atoms with van der Waals surface area (Å²) < 4.78 is 5.26. The van der Waals surface area contributed by atoms with Crippen LogP contribution in [0.2, 0.25) is 0 Å². The highest BCUT2D eigenvalue weighted by molar-refractivity contribution is 5.75. The summed E-state index contributed by atoms with van der Waals surface area (Å²) in [6, 6.07) is 0. The number of rotatable bonds is 10. The predicted octanol–water partition coefficient (Wildman–Crippen LogP) is 4.01. The van der Waals surface area contributed by atoms with Gasteiger partial charge in [-0.05, 0) is 12.8 Å². The van der Waals surface area contributed by atoms with Gasteiger partial charge in [-0.3, -0.25) is 4.79 Å². The lowest BCUT2D eigenvalue weighted by molar-refractivity contribution is -0.149. The highest BCUT2D eigenvalue weighted by Gasteiger charge is 2.41. The minimum absolute atomic E-state index is 0.416. The zero-order valence-corrected chi connectivity index (χ0v) is 11.7. The van der Waals surface area contributed by atoms with Gasteiger partial charge in [0, 0.05) is 6.61 Å². The molecule has 1 rings (SSSR count). The second-order valence-electron chi connectivity index (χ2n) is 5.61. The lowest BCUT2D eigenvalue weighted by atomic mass is 9.82. The predicted molar refractivity (Wildman–Crippen MR) is 72.7 cm³/mol. The van der Waals surface area contributed by atoms with Crippen LogP contribution < -0.4 is 0 Å². The van der Waals surface area contributed by atoms with Crippen molar-refractivity contribution in [3.63, 3.8) is 0 Å². The van der Waals surface area contributed by atoms with E-state index in [4.69, 9.17) is 4.74 Å². The van der Waals surface area contributed by atoms with Crippen LogP contribution in [0.3, 0.4) is 0 Å². The van der Waals surface area contributed by atoms with E-state index in [-0.39, 0.29) is 0 Å². The van der Waals surface area contributed by atoms with Crippen molar-refractivity contribution in [1.82, 2.24) is 0 Å². The molecule has 1 aliphatic rings. The van der Waals surface area contributed by atoms with Gasteiger partial charge in [0.2, 0.25) is 0 Å². The Morgan fingerprint density at radius 3 is 2.22 bits per heavy atom. The number of aliphatic carboxylic acids is 1. The van der Waals surface area contributed by atoms with Crippen LogP contribution >= 0.6 is 0 Å². The molecule has 0 aromatic carbocycles. The van der Waals surface area contributed by atoms with E-state index in [1.54, 1.807) is 0 Å². The first-order valence-corrected chi connectivity index (χ1v) is 7.52. The Balaban J connectivity index is 2.04. The molecule has 1 heterocycles. The molecule has 0 aromatic heterocycles. The summed E-state index contributed by atoms with van der Waals surface area (Å²) in [7, 11) is 0. The van der Waals surface area contributed by atoms with Gasteiger partial charge in [-0.2, -0.15) is 0 Å². The van der Waals surface area contributed by atoms with Gasteiger partial charge in [0.15, 0.2) is 0 Å². The van der Waals surface area contributed by atoms with E-state index in [0.717, 1.165) is 12.8 Å². The van der Waals surface area contributed by atoms with E-state index in [1.165, 1.54) is 44.9 Å². The van der Waals surface area contributed by atoms with Crippen LogP contribution in [0, 0.1) is 5.41 Å². The maximum absolute atomic E-state index is 11.3. The summed E-state index contributed by atoms with van der Waals surface area (Å²) in [6.07, 6.45) is 11.6. The molecule has 1 aliphatic heterocycles. The van der Waals surface area contributed by atoms with Crippen LogP contribution in [0.5, 0.6) is 0 Å². The van der Waals surface area contributed by atoms with Crippen LogP contribution in [-0.4, -0.2) is 24.3 Å². The van der Waals surface area contributed by atoms with E-state index in [2.05, 4.69) is 6.92 Å². The molecular formula is C15H28O3. The third kappa shape index (κ3) is 4.97. The molecular weight excluding hydrogens is 228 g/mol. The van der Waals surface area contributed by atoms with E-state index in [9.17, 15) is 9.90 Å². The van der Waals surface area contributed by atoms with Crippen LogP contribution in [0.25, 0.3) is 0 Å². The van der Waals surface area contributed by atoms with Crippen molar-refractivity contribution >= 4 is 5.97 Å². The maximum Gasteiger partial charge on any atom is 0.312 e. The Morgan fingerprint density at radius 2 is 1.72 bits per heavy atom. The minimum Gasteiger partial charge on any atom is -0.481 e. The third-order valence-corrected chi connectivity index (χ3v) is 4.07. The summed E-state index contributed by atoms with van der Waals surface area (Å²) in [6.45, 7) is 3.26. The van der Waals surface area contributed by atoms with E-state index >= 15 is 0 Å². The topological polar surface area (TPSA) is 46.5 Å². The first kappa shape index (κ1) is 15.5.